The summed E-state index contributed by atoms with van der Waals surface area (Å²) >= 11 is 0. The highest BCUT2D eigenvalue weighted by Crippen LogP contribution is 2.25. The van der Waals surface area contributed by atoms with E-state index >= 15 is 0 Å². The van der Waals surface area contributed by atoms with Gasteiger partial charge >= 0.3 is 5.97 Å². The van der Waals surface area contributed by atoms with Crippen molar-refractivity contribution in [1.29, 1.82) is 0 Å². The molecule has 2 aromatic carbocycles. The molecule has 31 heavy (non-hydrogen) atoms. The summed E-state index contributed by atoms with van der Waals surface area (Å²) < 4.78 is 10.5. The van der Waals surface area contributed by atoms with Gasteiger partial charge in [-0.05, 0) is 49.2 Å². The van der Waals surface area contributed by atoms with Crippen LogP contribution in [0.4, 0.5) is 5.69 Å². The molecule has 1 atom stereocenters. The average molecular weight is 424 g/mol. The molecule has 3 amide bonds. The molecule has 1 N–H and O–H groups in total. The van der Waals surface area contributed by atoms with Crippen LogP contribution in [0, 0.1) is 6.92 Å². The summed E-state index contributed by atoms with van der Waals surface area (Å²) in [6, 6.07) is 11.7. The zero-order valence-corrected chi connectivity index (χ0v) is 17.6. The van der Waals surface area contributed by atoms with Crippen molar-refractivity contribution in [3.8, 4) is 5.75 Å². The van der Waals surface area contributed by atoms with Gasteiger partial charge in [0.25, 0.3) is 5.91 Å². The van der Waals surface area contributed by atoms with Crippen LogP contribution in [0.25, 0.3) is 0 Å². The largest absolute Gasteiger partial charge is 0.495 e. The van der Waals surface area contributed by atoms with Crippen LogP contribution in [0.1, 0.15) is 41.3 Å². The average Bonchev–Trinajstić information content (AvgIpc) is 3.06. The minimum Gasteiger partial charge on any atom is -0.495 e. The van der Waals surface area contributed by atoms with E-state index < -0.39 is 18.0 Å². The fourth-order valence-corrected chi connectivity index (χ4v) is 3.16. The molecule has 0 aliphatic carbocycles. The molecule has 0 radical (unpaired) electrons. The van der Waals surface area contributed by atoms with Crippen LogP contribution in [0.3, 0.4) is 0 Å². The molecule has 162 valence electrons. The zero-order chi connectivity index (χ0) is 22.5. The van der Waals surface area contributed by atoms with Crippen LogP contribution in [0.15, 0.2) is 42.5 Å². The van der Waals surface area contributed by atoms with E-state index in [4.69, 9.17) is 9.47 Å². The van der Waals surface area contributed by atoms with E-state index in [1.54, 1.807) is 24.3 Å². The summed E-state index contributed by atoms with van der Waals surface area (Å²) in [4.78, 5) is 49.5. The first-order valence-corrected chi connectivity index (χ1v) is 9.87. The number of carbonyl (C=O) groups is 4. The van der Waals surface area contributed by atoms with Gasteiger partial charge in [-0.1, -0.05) is 18.2 Å². The van der Waals surface area contributed by atoms with Crippen molar-refractivity contribution in [2.24, 2.45) is 0 Å². The lowest BCUT2D eigenvalue weighted by atomic mass is 10.1. The second-order valence-corrected chi connectivity index (χ2v) is 7.31. The maximum atomic E-state index is 12.5. The second-order valence-electron chi connectivity index (χ2n) is 7.31. The van der Waals surface area contributed by atoms with Gasteiger partial charge in [-0.3, -0.25) is 19.3 Å². The van der Waals surface area contributed by atoms with E-state index in [2.05, 4.69) is 5.32 Å². The number of benzene rings is 2. The number of hydrogen-bond acceptors (Lipinski definition) is 6. The minimum atomic E-state index is -1.03. The van der Waals surface area contributed by atoms with Crippen LogP contribution < -0.4 is 10.1 Å². The number of anilines is 1. The maximum Gasteiger partial charge on any atom is 0.338 e. The molecule has 8 heteroatoms. The second kappa shape index (κ2) is 9.42. The van der Waals surface area contributed by atoms with Crippen LogP contribution in [0.5, 0.6) is 5.75 Å². The van der Waals surface area contributed by atoms with Gasteiger partial charge in [-0.15, -0.1) is 0 Å². The number of likely N-dealkylation sites (tertiary alicyclic amines) is 1. The van der Waals surface area contributed by atoms with Gasteiger partial charge < -0.3 is 14.8 Å². The summed E-state index contributed by atoms with van der Waals surface area (Å²) in [5.41, 5.74) is 2.41. The van der Waals surface area contributed by atoms with Gasteiger partial charge in [0.05, 0.1) is 24.9 Å². The third kappa shape index (κ3) is 5.28. The standard InChI is InChI=1S/C23H24N2O6/c1-14-4-9-19(30-3)18(12-14)24-22(28)15(2)31-23(29)17-7-5-16(6-8-17)13-25-20(26)10-11-21(25)27/h4-9,12,15H,10-11,13H2,1-3H3,(H,24,28). The van der Waals surface area contributed by atoms with Crippen LogP contribution in [-0.2, 0) is 25.7 Å². The molecule has 2 aromatic rings. The molecule has 3 rings (SSSR count). The molecule has 1 heterocycles. The first-order valence-electron chi connectivity index (χ1n) is 9.87. The third-order valence-electron chi connectivity index (χ3n) is 4.95. The fraction of sp³-hybridized carbons (Fsp3) is 0.304. The molecule has 0 bridgehead atoms. The molecule has 0 spiro atoms. The van der Waals surface area contributed by atoms with Crippen LogP contribution in [-0.4, -0.2) is 41.8 Å². The molecule has 1 saturated heterocycles. The van der Waals surface area contributed by atoms with Crippen molar-refractivity contribution in [2.45, 2.75) is 39.3 Å². The van der Waals surface area contributed by atoms with E-state index in [0.29, 0.717) is 11.4 Å². The number of aryl methyl sites for hydroxylation is 1. The van der Waals surface area contributed by atoms with Crippen molar-refractivity contribution >= 4 is 29.4 Å². The Morgan fingerprint density at radius 3 is 2.32 bits per heavy atom. The molecule has 1 unspecified atom stereocenters. The topological polar surface area (TPSA) is 102 Å². The molecule has 8 nitrogen and oxygen atoms in total. The highest BCUT2D eigenvalue weighted by atomic mass is 16.5. The van der Waals surface area contributed by atoms with Crippen molar-refractivity contribution in [3.63, 3.8) is 0 Å². The van der Waals surface area contributed by atoms with Gasteiger partial charge in [0.2, 0.25) is 11.8 Å². The van der Waals surface area contributed by atoms with Crippen molar-refractivity contribution < 1.29 is 28.7 Å². The summed E-state index contributed by atoms with van der Waals surface area (Å²) in [5.74, 6) is -1.03. The van der Waals surface area contributed by atoms with Gasteiger partial charge in [0.1, 0.15) is 5.75 Å². The maximum absolute atomic E-state index is 12.5. The Morgan fingerprint density at radius 1 is 1.06 bits per heavy atom. The lowest BCUT2D eigenvalue weighted by Crippen LogP contribution is -2.30. The highest BCUT2D eigenvalue weighted by Gasteiger charge is 2.28. The van der Waals surface area contributed by atoms with Crippen LogP contribution >= 0.6 is 0 Å². The number of ether oxygens (including phenoxy) is 2. The molecular weight excluding hydrogens is 400 g/mol. The van der Waals surface area contributed by atoms with E-state index in [0.717, 1.165) is 11.1 Å². The number of methoxy groups -OCH3 is 1. The summed E-state index contributed by atoms with van der Waals surface area (Å²) in [7, 11) is 1.50. The predicted molar refractivity (Wildman–Crippen MR) is 112 cm³/mol. The number of imide groups is 1. The number of nitrogens with zero attached hydrogens (tertiary/aromatic N) is 1. The van der Waals surface area contributed by atoms with Gasteiger partial charge in [0.15, 0.2) is 6.10 Å². The Balaban J connectivity index is 1.59. The molecular formula is C23H24N2O6. The van der Waals surface area contributed by atoms with Crippen molar-refractivity contribution in [2.75, 3.05) is 12.4 Å². The van der Waals surface area contributed by atoms with Gasteiger partial charge in [-0.2, -0.15) is 0 Å². The van der Waals surface area contributed by atoms with E-state index in [9.17, 15) is 19.2 Å². The molecule has 0 saturated carbocycles. The number of hydrogen-bond donors (Lipinski definition) is 1. The quantitative estimate of drug-likeness (QED) is 0.542. The summed E-state index contributed by atoms with van der Waals surface area (Å²) in [6.07, 6.45) is -0.563. The molecule has 1 aliphatic rings. The smallest absolute Gasteiger partial charge is 0.338 e. The van der Waals surface area contributed by atoms with E-state index in [-0.39, 0.29) is 36.8 Å². The molecule has 0 aromatic heterocycles. The Bertz CT molecular complexity index is 999. The van der Waals surface area contributed by atoms with Crippen LogP contribution in [0.2, 0.25) is 0 Å². The predicted octanol–water partition coefficient (Wildman–Crippen LogP) is 2.84. The first-order chi connectivity index (χ1) is 14.8. The zero-order valence-electron chi connectivity index (χ0n) is 17.6. The minimum absolute atomic E-state index is 0.171. The monoisotopic (exact) mass is 424 g/mol. The highest BCUT2D eigenvalue weighted by molar-refractivity contribution is 6.02. The lowest BCUT2D eigenvalue weighted by molar-refractivity contribution is -0.139. The summed E-state index contributed by atoms with van der Waals surface area (Å²) in [6.45, 7) is 3.54. The number of amides is 3. The molecule has 1 fully saturated rings. The Kier molecular flexibility index (Phi) is 6.69. The Hall–Kier alpha value is -3.68. The fourth-order valence-electron chi connectivity index (χ4n) is 3.16. The number of rotatable bonds is 7. The number of nitrogens with one attached hydrogen (secondary N) is 1. The van der Waals surface area contributed by atoms with Crippen molar-refractivity contribution in [3.05, 3.63) is 59.2 Å². The molecule has 1 aliphatic heterocycles. The third-order valence-corrected chi connectivity index (χ3v) is 4.95. The number of carbonyl (C=O) groups excluding carboxylic acids is 4. The van der Waals surface area contributed by atoms with E-state index in [1.165, 1.54) is 31.1 Å². The van der Waals surface area contributed by atoms with Crippen molar-refractivity contribution in [1.82, 2.24) is 4.90 Å². The first kappa shape index (κ1) is 22.0. The lowest BCUT2D eigenvalue weighted by Gasteiger charge is -2.16. The Labute approximate surface area is 180 Å². The SMILES string of the molecule is COc1ccc(C)cc1NC(=O)C(C)OC(=O)c1ccc(CN2C(=O)CCC2=O)cc1. The number of esters is 1. The normalized spacial score (nSPS) is 14.4. The van der Waals surface area contributed by atoms with Gasteiger partial charge in [-0.25, -0.2) is 4.79 Å². The summed E-state index contributed by atoms with van der Waals surface area (Å²) in [5, 5.41) is 2.71. The van der Waals surface area contributed by atoms with E-state index in [1.807, 2.05) is 13.0 Å². The van der Waals surface area contributed by atoms with Gasteiger partial charge in [0, 0.05) is 12.8 Å². The Morgan fingerprint density at radius 2 is 1.71 bits per heavy atom.